The standard InChI is InChI=1S/C15H19NO3/c17-14(16-12-9-5-2-6-10-12)13(15(18)19)11-7-3-1-4-8-11/h1,3-4,7-8,12-13H,2,5-6,9-10H2,(H,16,17)(H,18,19). The summed E-state index contributed by atoms with van der Waals surface area (Å²) in [6, 6.07) is 8.80. The van der Waals surface area contributed by atoms with E-state index in [1.54, 1.807) is 30.3 Å². The average molecular weight is 261 g/mol. The average Bonchev–Trinajstić information content (AvgIpc) is 2.40. The van der Waals surface area contributed by atoms with Crippen LogP contribution < -0.4 is 5.32 Å². The fourth-order valence-corrected chi connectivity index (χ4v) is 2.58. The molecule has 102 valence electrons. The van der Waals surface area contributed by atoms with Crippen molar-refractivity contribution in [2.45, 2.75) is 44.1 Å². The van der Waals surface area contributed by atoms with Gasteiger partial charge in [-0.25, -0.2) is 0 Å². The van der Waals surface area contributed by atoms with E-state index in [0.717, 1.165) is 25.7 Å². The molecule has 1 aliphatic carbocycles. The maximum atomic E-state index is 12.2. The second-order valence-electron chi connectivity index (χ2n) is 5.03. The van der Waals surface area contributed by atoms with Gasteiger partial charge in [0.2, 0.25) is 5.91 Å². The summed E-state index contributed by atoms with van der Waals surface area (Å²) in [5.74, 6) is -2.60. The van der Waals surface area contributed by atoms with Crippen molar-refractivity contribution < 1.29 is 14.7 Å². The molecule has 0 aromatic heterocycles. The van der Waals surface area contributed by atoms with Gasteiger partial charge >= 0.3 is 5.97 Å². The zero-order valence-electron chi connectivity index (χ0n) is 10.8. The summed E-state index contributed by atoms with van der Waals surface area (Å²) in [4.78, 5) is 23.5. The van der Waals surface area contributed by atoms with Crippen molar-refractivity contribution in [1.82, 2.24) is 5.32 Å². The first-order valence-electron chi connectivity index (χ1n) is 6.76. The third-order valence-electron chi connectivity index (χ3n) is 3.59. The van der Waals surface area contributed by atoms with Gasteiger partial charge in [0.25, 0.3) is 0 Å². The first kappa shape index (κ1) is 13.6. The van der Waals surface area contributed by atoms with Crippen LogP contribution in [-0.4, -0.2) is 23.0 Å². The third-order valence-corrected chi connectivity index (χ3v) is 3.59. The molecule has 4 heteroatoms. The van der Waals surface area contributed by atoms with E-state index in [4.69, 9.17) is 0 Å². The molecule has 0 bridgehead atoms. The predicted octanol–water partition coefficient (Wildman–Crippen LogP) is 2.30. The fraction of sp³-hybridized carbons (Fsp3) is 0.467. The van der Waals surface area contributed by atoms with Gasteiger partial charge in [0.15, 0.2) is 5.92 Å². The zero-order valence-corrected chi connectivity index (χ0v) is 10.8. The van der Waals surface area contributed by atoms with E-state index in [9.17, 15) is 14.7 Å². The van der Waals surface area contributed by atoms with Crippen LogP contribution in [0.3, 0.4) is 0 Å². The van der Waals surface area contributed by atoms with Crippen molar-refractivity contribution in [3.63, 3.8) is 0 Å². The Bertz CT molecular complexity index is 438. The van der Waals surface area contributed by atoms with Crippen LogP contribution in [0.15, 0.2) is 30.3 Å². The van der Waals surface area contributed by atoms with E-state index in [0.29, 0.717) is 5.56 Å². The third kappa shape index (κ3) is 3.56. The van der Waals surface area contributed by atoms with Crippen molar-refractivity contribution in [3.05, 3.63) is 35.9 Å². The van der Waals surface area contributed by atoms with Gasteiger partial charge in [-0.3, -0.25) is 9.59 Å². The van der Waals surface area contributed by atoms with Gasteiger partial charge in [-0.1, -0.05) is 49.6 Å². The van der Waals surface area contributed by atoms with Crippen molar-refractivity contribution in [3.8, 4) is 0 Å². The van der Waals surface area contributed by atoms with Crippen LogP contribution in [0.1, 0.15) is 43.6 Å². The Kier molecular flexibility index (Phi) is 4.55. The number of carboxylic acid groups (broad SMARTS) is 1. The Morgan fingerprint density at radius 2 is 1.74 bits per heavy atom. The Morgan fingerprint density at radius 1 is 1.11 bits per heavy atom. The highest BCUT2D eigenvalue weighted by molar-refractivity contribution is 6.02. The second-order valence-corrected chi connectivity index (χ2v) is 5.03. The molecular formula is C15H19NO3. The number of amides is 1. The number of carbonyl (C=O) groups excluding carboxylic acids is 1. The number of hydrogen-bond acceptors (Lipinski definition) is 2. The van der Waals surface area contributed by atoms with E-state index in [2.05, 4.69) is 5.32 Å². The minimum absolute atomic E-state index is 0.131. The topological polar surface area (TPSA) is 66.4 Å². The van der Waals surface area contributed by atoms with Crippen LogP contribution in [0.25, 0.3) is 0 Å². The molecule has 2 N–H and O–H groups in total. The largest absolute Gasteiger partial charge is 0.480 e. The van der Waals surface area contributed by atoms with Gasteiger partial charge in [-0.15, -0.1) is 0 Å². The predicted molar refractivity (Wildman–Crippen MR) is 71.8 cm³/mol. The van der Waals surface area contributed by atoms with Gasteiger partial charge in [0, 0.05) is 6.04 Å². The summed E-state index contributed by atoms with van der Waals surface area (Å²) < 4.78 is 0. The molecule has 1 amide bonds. The summed E-state index contributed by atoms with van der Waals surface area (Å²) in [6.07, 6.45) is 5.31. The molecule has 19 heavy (non-hydrogen) atoms. The molecule has 0 heterocycles. The second kappa shape index (κ2) is 6.36. The monoisotopic (exact) mass is 261 g/mol. The zero-order chi connectivity index (χ0) is 13.7. The van der Waals surface area contributed by atoms with Gasteiger partial charge < -0.3 is 10.4 Å². The van der Waals surface area contributed by atoms with Gasteiger partial charge in [-0.2, -0.15) is 0 Å². The Labute approximate surface area is 112 Å². The summed E-state index contributed by atoms with van der Waals surface area (Å²) in [6.45, 7) is 0. The van der Waals surface area contributed by atoms with Crippen LogP contribution in [0.4, 0.5) is 0 Å². The fourth-order valence-electron chi connectivity index (χ4n) is 2.58. The van der Waals surface area contributed by atoms with E-state index in [1.807, 2.05) is 0 Å². The number of carboxylic acids is 1. The van der Waals surface area contributed by atoms with Crippen molar-refractivity contribution in [2.24, 2.45) is 0 Å². The number of nitrogens with one attached hydrogen (secondary N) is 1. The maximum absolute atomic E-state index is 12.2. The first-order valence-corrected chi connectivity index (χ1v) is 6.76. The lowest BCUT2D eigenvalue weighted by atomic mass is 9.93. The van der Waals surface area contributed by atoms with Crippen LogP contribution in [0.2, 0.25) is 0 Å². The van der Waals surface area contributed by atoms with Crippen LogP contribution in [-0.2, 0) is 9.59 Å². The Balaban J connectivity index is 2.06. The number of rotatable bonds is 4. The number of carbonyl (C=O) groups is 2. The van der Waals surface area contributed by atoms with Gasteiger partial charge in [0.1, 0.15) is 0 Å². The van der Waals surface area contributed by atoms with Crippen molar-refractivity contribution >= 4 is 11.9 Å². The number of benzene rings is 1. The molecule has 4 nitrogen and oxygen atoms in total. The molecule has 0 spiro atoms. The number of aliphatic carboxylic acids is 1. The molecule has 1 unspecified atom stereocenters. The van der Waals surface area contributed by atoms with E-state index < -0.39 is 17.8 Å². The lowest BCUT2D eigenvalue weighted by Crippen LogP contribution is -2.41. The normalized spacial score (nSPS) is 17.7. The molecule has 2 rings (SSSR count). The van der Waals surface area contributed by atoms with Crippen LogP contribution in [0.5, 0.6) is 0 Å². The molecule has 1 atom stereocenters. The van der Waals surface area contributed by atoms with Gasteiger partial charge in [-0.05, 0) is 18.4 Å². The molecule has 1 aromatic carbocycles. The molecule has 1 aliphatic rings. The Morgan fingerprint density at radius 3 is 2.32 bits per heavy atom. The Hall–Kier alpha value is -1.84. The van der Waals surface area contributed by atoms with Crippen molar-refractivity contribution in [1.29, 1.82) is 0 Å². The number of hydrogen-bond donors (Lipinski definition) is 2. The lowest BCUT2D eigenvalue weighted by Gasteiger charge is -2.24. The maximum Gasteiger partial charge on any atom is 0.320 e. The molecular weight excluding hydrogens is 242 g/mol. The molecule has 1 fully saturated rings. The quantitative estimate of drug-likeness (QED) is 0.817. The van der Waals surface area contributed by atoms with Crippen LogP contribution in [0, 0.1) is 0 Å². The summed E-state index contributed by atoms with van der Waals surface area (Å²) in [7, 11) is 0. The highest BCUT2D eigenvalue weighted by atomic mass is 16.4. The molecule has 0 aliphatic heterocycles. The smallest absolute Gasteiger partial charge is 0.320 e. The molecule has 1 saturated carbocycles. The summed E-state index contributed by atoms with van der Waals surface area (Å²) >= 11 is 0. The molecule has 1 aromatic rings. The van der Waals surface area contributed by atoms with E-state index in [-0.39, 0.29) is 6.04 Å². The highest BCUT2D eigenvalue weighted by Crippen LogP contribution is 2.20. The lowest BCUT2D eigenvalue weighted by molar-refractivity contribution is -0.143. The summed E-state index contributed by atoms with van der Waals surface area (Å²) in [5, 5.41) is 12.1. The minimum atomic E-state index is -1.11. The van der Waals surface area contributed by atoms with E-state index >= 15 is 0 Å². The highest BCUT2D eigenvalue weighted by Gasteiger charge is 2.29. The molecule has 0 radical (unpaired) electrons. The molecule has 0 saturated heterocycles. The SMILES string of the molecule is O=C(O)C(C(=O)NC1CCCCC1)c1ccccc1. The van der Waals surface area contributed by atoms with Crippen molar-refractivity contribution in [2.75, 3.05) is 0 Å². The van der Waals surface area contributed by atoms with Gasteiger partial charge in [0.05, 0.1) is 0 Å². The summed E-state index contributed by atoms with van der Waals surface area (Å²) in [5.41, 5.74) is 0.531. The van der Waals surface area contributed by atoms with Crippen LogP contribution >= 0.6 is 0 Å². The minimum Gasteiger partial charge on any atom is -0.480 e. The first-order chi connectivity index (χ1) is 9.18. The van der Waals surface area contributed by atoms with E-state index in [1.165, 1.54) is 6.42 Å².